The number of aromatic nitrogens is 1. The standard InChI is InChI=1S/C60H62N3O/c1-36(2)29-38-23-26-50(45(30-38)40-17-14-13-15-18-40)62-51-20-16-19-44-46-32-42(57(4,5)6)33-47-52-31-41(39-24-21-37(3)22-25-39)27-28-61(52)60(53(46)47)63(54(44)51)56(62)48-34-43(58(7,8)9)35-49(55(48)64-60)59(10,11)12/h13-28,30-36,56H,29H2,1-12H3/q+1/i3D3,7D3,10D3,11D3,12D3. The summed E-state index contributed by atoms with van der Waals surface area (Å²) in [5.41, 5.74) is 4.79. The van der Waals surface area contributed by atoms with Crippen molar-refractivity contribution >= 4 is 17.1 Å². The summed E-state index contributed by atoms with van der Waals surface area (Å²) >= 11 is 0. The van der Waals surface area contributed by atoms with Gasteiger partial charge in [0.2, 0.25) is 5.69 Å². The van der Waals surface area contributed by atoms with Gasteiger partial charge in [0, 0.05) is 60.5 Å². The molecule has 4 aliphatic rings. The second kappa shape index (κ2) is 13.7. The molecule has 1 spiro atoms. The number of ether oxygens (including phenoxy) is 1. The van der Waals surface area contributed by atoms with Gasteiger partial charge >= 0.3 is 5.85 Å². The molecule has 2 atom stereocenters. The summed E-state index contributed by atoms with van der Waals surface area (Å²) in [4.78, 5) is 4.26. The minimum atomic E-state index is -3.78. The first-order chi connectivity index (χ1) is 36.6. The molecule has 0 saturated carbocycles. The molecule has 0 saturated heterocycles. The van der Waals surface area contributed by atoms with Crippen LogP contribution < -0.4 is 19.1 Å². The predicted molar refractivity (Wildman–Crippen MR) is 266 cm³/mol. The number of hydrogen-bond donors (Lipinski definition) is 0. The molecule has 322 valence electrons. The molecule has 4 nitrogen and oxygen atoms in total. The molecule has 2 unspecified atom stereocenters. The lowest BCUT2D eigenvalue weighted by molar-refractivity contribution is -0.774. The van der Waals surface area contributed by atoms with Crippen molar-refractivity contribution in [3.8, 4) is 50.4 Å². The van der Waals surface area contributed by atoms with Gasteiger partial charge in [-0.2, -0.15) is 0 Å². The van der Waals surface area contributed by atoms with E-state index in [1.54, 1.807) is 30.3 Å². The van der Waals surface area contributed by atoms with Crippen LogP contribution >= 0.6 is 0 Å². The Hall–Kier alpha value is -6.13. The molecule has 11 rings (SSSR count). The van der Waals surface area contributed by atoms with Crippen LogP contribution in [-0.2, 0) is 28.5 Å². The number of rotatable bonds is 5. The Labute approximate surface area is 402 Å². The van der Waals surface area contributed by atoms with Crippen LogP contribution in [0.25, 0.3) is 44.6 Å². The molecule has 1 aromatic heterocycles. The largest absolute Gasteiger partial charge is 0.432 e. The lowest BCUT2D eigenvalue weighted by Crippen LogP contribution is -2.71. The van der Waals surface area contributed by atoms with Crippen LogP contribution in [0.5, 0.6) is 5.75 Å². The Balaban J connectivity index is 1.35. The summed E-state index contributed by atoms with van der Waals surface area (Å²) in [5.74, 6) is -1.86. The van der Waals surface area contributed by atoms with Gasteiger partial charge in [-0.3, -0.25) is 0 Å². The van der Waals surface area contributed by atoms with Crippen molar-refractivity contribution in [2.45, 2.75) is 117 Å². The zero-order valence-electron chi connectivity index (χ0n) is 52.3. The van der Waals surface area contributed by atoms with Crippen LogP contribution in [-0.4, -0.2) is 0 Å². The van der Waals surface area contributed by atoms with E-state index >= 15 is 0 Å². The average molecular weight is 856 g/mol. The lowest BCUT2D eigenvalue weighted by atomic mass is 9.77. The SMILES string of the molecule is [2H]C([2H])([2H])c1ccc(-c2cc[n+]3c(c2)-c2cc(C(C)(C)C)cc4c2C32Oc3c(cc(C(C)(C)C([2H])([2H])[2H])cc3C(C([2H])([2H])[2H])(C([2H])([2H])[2H])C([2H])([2H])[2H])C3N(c5ccc(CC(C)C)cc5-c5ccccc5)c5cccc-4c5N32)cc1. The Bertz CT molecular complexity index is 3590. The van der Waals surface area contributed by atoms with Crippen molar-refractivity contribution in [2.75, 3.05) is 9.80 Å². The fourth-order valence-corrected chi connectivity index (χ4v) is 10.6. The number of para-hydroxylation sites is 1. The highest BCUT2D eigenvalue weighted by atomic mass is 16.5. The molecule has 6 aromatic carbocycles. The molecule has 0 bridgehead atoms. The van der Waals surface area contributed by atoms with Crippen LogP contribution in [0, 0.1) is 12.8 Å². The zero-order valence-corrected chi connectivity index (χ0v) is 37.3. The molecule has 0 radical (unpaired) electrons. The van der Waals surface area contributed by atoms with E-state index in [-0.39, 0.29) is 22.4 Å². The highest BCUT2D eigenvalue weighted by molar-refractivity contribution is 6.03. The summed E-state index contributed by atoms with van der Waals surface area (Å²) in [7, 11) is 0. The van der Waals surface area contributed by atoms with E-state index in [0.717, 1.165) is 62.6 Å². The number of nitrogens with zero attached hydrogens (tertiary/aromatic N) is 3. The van der Waals surface area contributed by atoms with Crippen molar-refractivity contribution in [2.24, 2.45) is 5.92 Å². The molecule has 0 fully saturated rings. The van der Waals surface area contributed by atoms with Gasteiger partial charge in [-0.05, 0) is 105 Å². The normalized spacial score (nSPS) is 22.3. The fraction of sp³-hybridized carbons (Fsp3) is 0.317. The summed E-state index contributed by atoms with van der Waals surface area (Å²) in [6.07, 6.45) is 1.51. The van der Waals surface area contributed by atoms with E-state index < -0.39 is 68.1 Å². The number of benzene rings is 6. The quantitative estimate of drug-likeness (QED) is 0.161. The van der Waals surface area contributed by atoms with Crippen LogP contribution in [0.4, 0.5) is 17.1 Å². The Morgan fingerprint density at radius 2 is 1.41 bits per heavy atom. The van der Waals surface area contributed by atoms with Gasteiger partial charge in [0.05, 0.1) is 22.6 Å². The van der Waals surface area contributed by atoms with E-state index in [4.69, 9.17) is 13.0 Å². The molecule has 4 heteroatoms. The van der Waals surface area contributed by atoms with Crippen molar-refractivity contribution in [1.29, 1.82) is 0 Å². The van der Waals surface area contributed by atoms with Gasteiger partial charge in [-0.1, -0.05) is 160 Å². The molecule has 0 aliphatic carbocycles. The van der Waals surface area contributed by atoms with E-state index in [1.807, 2.05) is 65.4 Å². The maximum atomic E-state index is 9.24. The summed E-state index contributed by atoms with van der Waals surface area (Å²) in [5, 5.41) is 0. The van der Waals surface area contributed by atoms with Crippen LogP contribution in [0.3, 0.4) is 0 Å². The number of aryl methyl sites for hydroxylation is 1. The second-order valence-corrected chi connectivity index (χ2v) is 20.1. The van der Waals surface area contributed by atoms with Gasteiger partial charge < -0.3 is 9.64 Å². The maximum absolute atomic E-state index is 9.24. The monoisotopic (exact) mass is 856 g/mol. The van der Waals surface area contributed by atoms with Crippen molar-refractivity contribution in [1.82, 2.24) is 0 Å². The van der Waals surface area contributed by atoms with Crippen molar-refractivity contribution in [3.05, 3.63) is 173 Å². The zero-order chi connectivity index (χ0) is 57.3. The molecule has 4 aliphatic heterocycles. The number of hydrogen-bond acceptors (Lipinski definition) is 3. The van der Waals surface area contributed by atoms with Gasteiger partial charge in [0.25, 0.3) is 0 Å². The van der Waals surface area contributed by atoms with Gasteiger partial charge in [0.1, 0.15) is 17.5 Å². The second-order valence-electron chi connectivity index (χ2n) is 20.1. The van der Waals surface area contributed by atoms with Crippen LogP contribution in [0.1, 0.15) is 142 Å². The molecule has 0 amide bonds. The Kier molecular flexibility index (Phi) is 5.83. The number of pyridine rings is 1. The van der Waals surface area contributed by atoms with Gasteiger partial charge in [-0.25, -0.2) is 4.90 Å². The lowest BCUT2D eigenvalue weighted by Gasteiger charge is -2.49. The highest BCUT2D eigenvalue weighted by Crippen LogP contribution is 2.68. The minimum Gasteiger partial charge on any atom is -0.410 e. The summed E-state index contributed by atoms with van der Waals surface area (Å²) < 4.78 is 144. The van der Waals surface area contributed by atoms with Crippen LogP contribution in [0.15, 0.2) is 134 Å². The first-order valence-corrected chi connectivity index (χ1v) is 22.2. The van der Waals surface area contributed by atoms with Gasteiger partial charge in [-0.15, -0.1) is 4.57 Å². The smallest absolute Gasteiger partial charge is 0.410 e. The van der Waals surface area contributed by atoms with E-state index in [0.29, 0.717) is 34.2 Å². The molecule has 0 N–H and O–H groups in total. The molecule has 64 heavy (non-hydrogen) atoms. The Morgan fingerprint density at radius 1 is 0.656 bits per heavy atom. The first-order valence-electron chi connectivity index (χ1n) is 29.7. The highest BCUT2D eigenvalue weighted by Gasteiger charge is 2.70. The van der Waals surface area contributed by atoms with E-state index in [2.05, 4.69) is 80.8 Å². The third kappa shape index (κ3) is 5.90. The fourth-order valence-electron chi connectivity index (χ4n) is 10.6. The van der Waals surface area contributed by atoms with E-state index in [1.165, 1.54) is 13.8 Å². The van der Waals surface area contributed by atoms with E-state index in [9.17, 15) is 12.3 Å². The minimum absolute atomic E-state index is 0.00355. The maximum Gasteiger partial charge on any atom is 0.432 e. The first kappa shape index (κ1) is 27.3. The molecular weight excluding hydrogens is 779 g/mol. The molecular formula is C60H62N3O+. The third-order valence-electron chi connectivity index (χ3n) is 13.5. The third-order valence-corrected chi connectivity index (χ3v) is 13.5. The summed E-state index contributed by atoms with van der Waals surface area (Å²) in [6, 6.07) is 39.9. The molecule has 5 heterocycles. The number of anilines is 3. The Morgan fingerprint density at radius 3 is 2.12 bits per heavy atom. The number of fused-ring (bicyclic) bond motifs is 5. The van der Waals surface area contributed by atoms with Crippen molar-refractivity contribution in [3.63, 3.8) is 0 Å². The summed E-state index contributed by atoms with van der Waals surface area (Å²) in [6.45, 7) is -2.84. The molecule has 7 aromatic rings. The van der Waals surface area contributed by atoms with Crippen LogP contribution in [0.2, 0.25) is 0 Å². The van der Waals surface area contributed by atoms with Gasteiger partial charge in [0.15, 0.2) is 6.20 Å². The topological polar surface area (TPSA) is 19.6 Å². The average Bonchev–Trinajstić information content (AvgIpc) is 4.10. The predicted octanol–water partition coefficient (Wildman–Crippen LogP) is 15.1. The van der Waals surface area contributed by atoms with Crippen molar-refractivity contribution < 1.29 is 29.9 Å².